The van der Waals surface area contributed by atoms with Crippen molar-refractivity contribution in [3.8, 4) is 0 Å². The monoisotopic (exact) mass is 138 g/mol. The molecule has 3 heteroatoms. The van der Waals surface area contributed by atoms with E-state index in [1.165, 1.54) is 0 Å². The van der Waals surface area contributed by atoms with Gasteiger partial charge in [0.1, 0.15) is 6.10 Å². The zero-order valence-corrected chi connectivity index (χ0v) is 5.04. The molecular formula is C4H4Cl2O. The molecule has 0 aromatic heterocycles. The van der Waals surface area contributed by atoms with Crippen LogP contribution in [0.5, 0.6) is 0 Å². The highest BCUT2D eigenvalue weighted by Crippen LogP contribution is 2.32. The van der Waals surface area contributed by atoms with Crippen molar-refractivity contribution in [3.63, 3.8) is 0 Å². The van der Waals surface area contributed by atoms with Crippen LogP contribution in [0.1, 0.15) is 0 Å². The van der Waals surface area contributed by atoms with Gasteiger partial charge in [0, 0.05) is 5.03 Å². The maximum Gasteiger partial charge on any atom is 0.163 e. The van der Waals surface area contributed by atoms with E-state index in [0.717, 1.165) is 0 Å². The Bertz CT molecular complexity index is 102. The summed E-state index contributed by atoms with van der Waals surface area (Å²) in [6, 6.07) is 0. The fourth-order valence-electron chi connectivity index (χ4n) is 0.311. The average molecular weight is 139 g/mol. The molecule has 0 amide bonds. The van der Waals surface area contributed by atoms with Crippen molar-refractivity contribution in [3.05, 3.63) is 11.6 Å². The fraction of sp³-hybridized carbons (Fsp3) is 0.500. The lowest BCUT2D eigenvalue weighted by Crippen LogP contribution is -1.82. The van der Waals surface area contributed by atoms with Crippen molar-refractivity contribution in [2.75, 3.05) is 0 Å². The average Bonchev–Trinajstić information content (AvgIpc) is 2.17. The van der Waals surface area contributed by atoms with Crippen molar-refractivity contribution < 1.29 is 4.74 Å². The number of hydrogen-bond acceptors (Lipinski definition) is 1. The number of epoxide rings is 1. The van der Waals surface area contributed by atoms with Gasteiger partial charge in [0.05, 0.1) is 0 Å². The molecule has 0 aliphatic carbocycles. The molecule has 40 valence electrons. The summed E-state index contributed by atoms with van der Waals surface area (Å²) in [5.41, 5.74) is -0.218. The lowest BCUT2D eigenvalue weighted by atomic mass is 10.5. The van der Waals surface area contributed by atoms with Gasteiger partial charge < -0.3 is 4.74 Å². The van der Waals surface area contributed by atoms with Gasteiger partial charge in [-0.05, 0) is 0 Å². The standard InChI is InChI=1S/C4H4Cl2O/c1-2(5)3-4(6)7-3/h3-4H,1H2. The first kappa shape index (κ1) is 5.42. The first-order valence-corrected chi connectivity index (χ1v) is 2.67. The third-order valence-corrected chi connectivity index (χ3v) is 1.29. The maximum atomic E-state index is 5.38. The van der Waals surface area contributed by atoms with Crippen LogP contribution in [-0.4, -0.2) is 11.7 Å². The van der Waals surface area contributed by atoms with Crippen LogP contribution in [0.25, 0.3) is 0 Å². The highest BCUT2D eigenvalue weighted by molar-refractivity contribution is 6.32. The summed E-state index contributed by atoms with van der Waals surface area (Å²) >= 11 is 10.7. The molecule has 0 bridgehead atoms. The summed E-state index contributed by atoms with van der Waals surface area (Å²) in [5.74, 6) is 0. The zero-order chi connectivity index (χ0) is 5.44. The first-order chi connectivity index (χ1) is 3.22. The van der Waals surface area contributed by atoms with Gasteiger partial charge in [0.25, 0.3) is 0 Å². The fourth-order valence-corrected chi connectivity index (χ4v) is 0.804. The molecule has 1 rings (SSSR count). The topological polar surface area (TPSA) is 12.5 Å². The van der Waals surface area contributed by atoms with Crippen LogP contribution in [-0.2, 0) is 4.74 Å². The van der Waals surface area contributed by atoms with Crippen LogP contribution in [0, 0.1) is 0 Å². The molecule has 7 heavy (non-hydrogen) atoms. The van der Waals surface area contributed by atoms with E-state index in [2.05, 4.69) is 6.58 Å². The van der Waals surface area contributed by atoms with E-state index in [1.54, 1.807) is 0 Å². The zero-order valence-electron chi connectivity index (χ0n) is 3.53. The molecule has 1 nitrogen and oxygen atoms in total. The molecule has 1 aliphatic heterocycles. The van der Waals surface area contributed by atoms with Gasteiger partial charge >= 0.3 is 0 Å². The van der Waals surface area contributed by atoms with Crippen LogP contribution in [0.3, 0.4) is 0 Å². The molecule has 0 radical (unpaired) electrons. The lowest BCUT2D eigenvalue weighted by molar-refractivity contribution is 0.424. The SMILES string of the molecule is C=C(Cl)C1OC1Cl. The summed E-state index contributed by atoms with van der Waals surface area (Å²) in [6.07, 6.45) is -0.0941. The van der Waals surface area contributed by atoms with E-state index in [0.29, 0.717) is 5.03 Å². The summed E-state index contributed by atoms with van der Waals surface area (Å²) in [7, 11) is 0. The van der Waals surface area contributed by atoms with E-state index in [1.807, 2.05) is 0 Å². The highest BCUT2D eigenvalue weighted by atomic mass is 35.5. The van der Waals surface area contributed by atoms with E-state index in [4.69, 9.17) is 27.9 Å². The Labute approximate surface area is 51.9 Å². The summed E-state index contributed by atoms with van der Waals surface area (Å²) in [4.78, 5) is 0. The Hall–Kier alpha value is 0.280. The predicted molar refractivity (Wildman–Crippen MR) is 29.5 cm³/mol. The Morgan fingerprint density at radius 2 is 2.14 bits per heavy atom. The number of rotatable bonds is 1. The molecule has 0 aromatic carbocycles. The van der Waals surface area contributed by atoms with Crippen LogP contribution in [0.15, 0.2) is 11.6 Å². The first-order valence-electron chi connectivity index (χ1n) is 1.85. The second kappa shape index (κ2) is 1.66. The van der Waals surface area contributed by atoms with Gasteiger partial charge in [-0.15, -0.1) is 0 Å². The maximum absolute atomic E-state index is 5.38. The van der Waals surface area contributed by atoms with Gasteiger partial charge in [-0.25, -0.2) is 0 Å². The largest absolute Gasteiger partial charge is 0.346 e. The van der Waals surface area contributed by atoms with Crippen molar-refractivity contribution in [1.29, 1.82) is 0 Å². The molecule has 2 unspecified atom stereocenters. The Balaban J connectivity index is 2.33. The number of hydrogen-bond donors (Lipinski definition) is 0. The van der Waals surface area contributed by atoms with Crippen molar-refractivity contribution in [2.45, 2.75) is 11.7 Å². The van der Waals surface area contributed by atoms with Crippen molar-refractivity contribution >= 4 is 23.2 Å². The summed E-state index contributed by atoms with van der Waals surface area (Å²) in [5, 5.41) is 0.486. The van der Waals surface area contributed by atoms with Gasteiger partial charge in [-0.1, -0.05) is 29.8 Å². The Kier molecular flexibility index (Phi) is 1.28. The normalized spacial score (nSPS) is 38.0. The third kappa shape index (κ3) is 1.09. The van der Waals surface area contributed by atoms with E-state index < -0.39 is 0 Å². The van der Waals surface area contributed by atoms with Crippen molar-refractivity contribution in [1.82, 2.24) is 0 Å². The molecule has 0 aromatic rings. The summed E-state index contributed by atoms with van der Waals surface area (Å²) < 4.78 is 4.71. The number of halogens is 2. The smallest absolute Gasteiger partial charge is 0.163 e. The second-order valence-corrected chi connectivity index (χ2v) is 2.27. The third-order valence-electron chi connectivity index (χ3n) is 0.747. The Morgan fingerprint density at radius 1 is 1.71 bits per heavy atom. The minimum Gasteiger partial charge on any atom is -0.346 e. The Morgan fingerprint density at radius 3 is 2.14 bits per heavy atom. The summed E-state index contributed by atoms with van der Waals surface area (Å²) in [6.45, 7) is 3.42. The lowest BCUT2D eigenvalue weighted by Gasteiger charge is -1.78. The van der Waals surface area contributed by atoms with Crippen molar-refractivity contribution in [2.24, 2.45) is 0 Å². The molecule has 1 aliphatic rings. The van der Waals surface area contributed by atoms with Crippen LogP contribution >= 0.6 is 23.2 Å². The molecule has 2 atom stereocenters. The molecule has 0 saturated carbocycles. The second-order valence-electron chi connectivity index (χ2n) is 1.35. The minimum atomic E-state index is -0.218. The molecular weight excluding hydrogens is 135 g/mol. The van der Waals surface area contributed by atoms with Gasteiger partial charge in [0.2, 0.25) is 0 Å². The van der Waals surface area contributed by atoms with Crippen LogP contribution in [0.2, 0.25) is 0 Å². The molecule has 1 heterocycles. The number of ether oxygens (including phenoxy) is 1. The van der Waals surface area contributed by atoms with Gasteiger partial charge in [0.15, 0.2) is 5.56 Å². The van der Waals surface area contributed by atoms with Gasteiger partial charge in [-0.3, -0.25) is 0 Å². The van der Waals surface area contributed by atoms with E-state index in [-0.39, 0.29) is 11.7 Å². The highest BCUT2D eigenvalue weighted by Gasteiger charge is 2.38. The molecule has 0 N–H and O–H groups in total. The van der Waals surface area contributed by atoms with E-state index in [9.17, 15) is 0 Å². The predicted octanol–water partition coefficient (Wildman–Crippen LogP) is 1.70. The van der Waals surface area contributed by atoms with Gasteiger partial charge in [-0.2, -0.15) is 0 Å². The van der Waals surface area contributed by atoms with Crippen LogP contribution < -0.4 is 0 Å². The molecule has 0 spiro atoms. The van der Waals surface area contributed by atoms with Crippen LogP contribution in [0.4, 0.5) is 0 Å². The number of alkyl halides is 1. The molecule has 1 saturated heterocycles. The minimum absolute atomic E-state index is 0.0941. The molecule has 1 fully saturated rings. The van der Waals surface area contributed by atoms with E-state index >= 15 is 0 Å². The quantitative estimate of drug-likeness (QED) is 0.397.